The maximum atomic E-state index is 6.67. The first-order valence-electron chi connectivity index (χ1n) is 10.3. The number of benzene rings is 5. The fraction of sp³-hybridized carbons (Fsp3) is 0.0345. The maximum absolute atomic E-state index is 6.67. The van der Waals surface area contributed by atoms with E-state index in [4.69, 9.17) is 4.42 Å². The van der Waals surface area contributed by atoms with Crippen molar-refractivity contribution in [2.75, 3.05) is 0 Å². The molecule has 0 spiro atoms. The molecule has 0 aliphatic heterocycles. The Balaban J connectivity index is 1.80. The number of fused-ring (bicyclic) bond motifs is 5. The molecular formula is C29H20O. The first kappa shape index (κ1) is 17.1. The van der Waals surface area contributed by atoms with Crippen molar-refractivity contribution in [3.63, 3.8) is 0 Å². The van der Waals surface area contributed by atoms with Gasteiger partial charge in [-0.1, -0.05) is 103 Å². The highest BCUT2D eigenvalue weighted by atomic mass is 16.3. The molecule has 0 saturated heterocycles. The van der Waals surface area contributed by atoms with Gasteiger partial charge in [0.15, 0.2) is 0 Å². The summed E-state index contributed by atoms with van der Waals surface area (Å²) in [7, 11) is 0. The van der Waals surface area contributed by atoms with Crippen molar-refractivity contribution in [1.82, 2.24) is 0 Å². The van der Waals surface area contributed by atoms with Gasteiger partial charge in [-0.05, 0) is 34.9 Å². The van der Waals surface area contributed by atoms with Crippen molar-refractivity contribution in [3.05, 3.63) is 109 Å². The summed E-state index contributed by atoms with van der Waals surface area (Å²) in [4.78, 5) is 0. The molecule has 142 valence electrons. The van der Waals surface area contributed by atoms with E-state index in [1.165, 1.54) is 32.8 Å². The smallest absolute Gasteiger partial charge is 0.143 e. The van der Waals surface area contributed by atoms with Gasteiger partial charge in [0, 0.05) is 21.9 Å². The lowest BCUT2D eigenvalue weighted by atomic mass is 9.95. The normalized spacial score (nSPS) is 11.5. The topological polar surface area (TPSA) is 13.1 Å². The van der Waals surface area contributed by atoms with Crippen LogP contribution in [-0.2, 0) is 0 Å². The van der Waals surface area contributed by atoms with Crippen molar-refractivity contribution >= 4 is 32.7 Å². The Bertz CT molecular complexity index is 1540. The summed E-state index contributed by atoms with van der Waals surface area (Å²) in [6.07, 6.45) is 0. The molecule has 0 N–H and O–H groups in total. The zero-order chi connectivity index (χ0) is 20.1. The molecule has 0 amide bonds. The third-order valence-corrected chi connectivity index (χ3v) is 5.90. The Morgan fingerprint density at radius 3 is 2.13 bits per heavy atom. The summed E-state index contributed by atoms with van der Waals surface area (Å²) in [5.41, 5.74) is 7.78. The van der Waals surface area contributed by atoms with Gasteiger partial charge >= 0.3 is 0 Å². The van der Waals surface area contributed by atoms with Crippen LogP contribution in [0.25, 0.3) is 55.0 Å². The van der Waals surface area contributed by atoms with Gasteiger partial charge in [0.25, 0.3) is 0 Å². The average Bonchev–Trinajstić information content (AvgIpc) is 3.19. The molecule has 1 heterocycles. The number of para-hydroxylation sites is 1. The number of furan rings is 1. The fourth-order valence-corrected chi connectivity index (χ4v) is 4.52. The van der Waals surface area contributed by atoms with Gasteiger partial charge in [0.2, 0.25) is 0 Å². The van der Waals surface area contributed by atoms with Crippen LogP contribution in [0.4, 0.5) is 0 Å². The predicted octanol–water partition coefficient (Wildman–Crippen LogP) is 8.38. The van der Waals surface area contributed by atoms with Gasteiger partial charge in [-0.15, -0.1) is 0 Å². The monoisotopic (exact) mass is 384 g/mol. The summed E-state index contributed by atoms with van der Waals surface area (Å²) in [5, 5.41) is 4.82. The predicted molar refractivity (Wildman–Crippen MR) is 127 cm³/mol. The molecule has 6 aromatic rings. The van der Waals surface area contributed by atoms with E-state index in [9.17, 15) is 0 Å². The minimum atomic E-state index is 0.948. The van der Waals surface area contributed by atoms with Crippen LogP contribution in [0.2, 0.25) is 0 Å². The number of hydrogen-bond acceptors (Lipinski definition) is 1. The molecule has 0 unspecified atom stereocenters. The van der Waals surface area contributed by atoms with Crippen LogP contribution in [0.3, 0.4) is 0 Å². The lowest BCUT2D eigenvalue weighted by Crippen LogP contribution is -1.83. The van der Waals surface area contributed by atoms with Crippen molar-refractivity contribution in [2.24, 2.45) is 0 Å². The SMILES string of the molecule is Cc1cccc(-c2cc3ccccc3c3c2oc2c(-c4ccccc4)cccc23)c1. The second kappa shape index (κ2) is 6.60. The van der Waals surface area contributed by atoms with E-state index in [1.807, 2.05) is 6.07 Å². The van der Waals surface area contributed by atoms with Gasteiger partial charge in [-0.3, -0.25) is 0 Å². The van der Waals surface area contributed by atoms with Gasteiger partial charge in [-0.25, -0.2) is 0 Å². The van der Waals surface area contributed by atoms with Gasteiger partial charge in [-0.2, -0.15) is 0 Å². The van der Waals surface area contributed by atoms with Crippen LogP contribution in [0, 0.1) is 6.92 Å². The average molecular weight is 384 g/mol. The van der Waals surface area contributed by atoms with Gasteiger partial charge in [0.05, 0.1) is 0 Å². The first-order chi connectivity index (χ1) is 14.8. The summed E-state index contributed by atoms with van der Waals surface area (Å²) in [6.45, 7) is 2.13. The molecule has 5 aromatic carbocycles. The standard InChI is InChI=1S/C29H20O/c1-19-9-7-13-21(17-19)26-18-22-12-5-6-14-23(22)27-25-16-8-15-24(28(25)30-29(26)27)20-10-3-2-4-11-20/h2-18H,1H3. The minimum absolute atomic E-state index is 0.948. The molecule has 1 heteroatoms. The molecule has 1 nitrogen and oxygen atoms in total. The van der Waals surface area contributed by atoms with Crippen LogP contribution < -0.4 is 0 Å². The van der Waals surface area contributed by atoms with Gasteiger partial charge in [0.1, 0.15) is 11.2 Å². The maximum Gasteiger partial charge on any atom is 0.143 e. The zero-order valence-electron chi connectivity index (χ0n) is 16.7. The van der Waals surface area contributed by atoms with Crippen LogP contribution in [0.1, 0.15) is 5.56 Å². The quantitative estimate of drug-likeness (QED) is 0.292. The summed E-state index contributed by atoms with van der Waals surface area (Å²) < 4.78 is 6.67. The summed E-state index contributed by atoms with van der Waals surface area (Å²) in [5.74, 6) is 0. The van der Waals surface area contributed by atoms with Crippen molar-refractivity contribution in [2.45, 2.75) is 6.92 Å². The molecule has 30 heavy (non-hydrogen) atoms. The van der Waals surface area contributed by atoms with Crippen molar-refractivity contribution in [3.8, 4) is 22.3 Å². The first-order valence-corrected chi connectivity index (χ1v) is 10.3. The summed E-state index contributed by atoms with van der Waals surface area (Å²) in [6, 6.07) is 36.4. The molecule has 0 radical (unpaired) electrons. The number of aryl methyl sites for hydroxylation is 1. The van der Waals surface area contributed by atoms with Crippen LogP contribution in [0.5, 0.6) is 0 Å². The molecular weight excluding hydrogens is 364 g/mol. The van der Waals surface area contributed by atoms with Crippen LogP contribution >= 0.6 is 0 Å². The van der Waals surface area contributed by atoms with E-state index in [2.05, 4.69) is 104 Å². The molecule has 0 bridgehead atoms. The van der Waals surface area contributed by atoms with Crippen molar-refractivity contribution in [1.29, 1.82) is 0 Å². The van der Waals surface area contributed by atoms with E-state index in [-0.39, 0.29) is 0 Å². The molecule has 0 atom stereocenters. The Kier molecular flexibility index (Phi) is 3.75. The molecule has 1 aromatic heterocycles. The second-order valence-electron chi connectivity index (χ2n) is 7.87. The lowest BCUT2D eigenvalue weighted by Gasteiger charge is -2.07. The largest absolute Gasteiger partial charge is 0.455 e. The Morgan fingerprint density at radius 2 is 1.27 bits per heavy atom. The van der Waals surface area contributed by atoms with Gasteiger partial charge < -0.3 is 4.42 Å². The lowest BCUT2D eigenvalue weighted by molar-refractivity contribution is 0.671. The Hall–Kier alpha value is -3.84. The highest BCUT2D eigenvalue weighted by Gasteiger charge is 2.18. The minimum Gasteiger partial charge on any atom is -0.455 e. The molecule has 0 saturated carbocycles. The van der Waals surface area contributed by atoms with Crippen LogP contribution in [-0.4, -0.2) is 0 Å². The third kappa shape index (κ3) is 2.56. The van der Waals surface area contributed by atoms with E-state index in [0.717, 1.165) is 27.7 Å². The third-order valence-electron chi connectivity index (χ3n) is 5.90. The fourth-order valence-electron chi connectivity index (χ4n) is 4.52. The highest BCUT2D eigenvalue weighted by Crippen LogP contribution is 2.43. The molecule has 0 aliphatic rings. The van der Waals surface area contributed by atoms with E-state index < -0.39 is 0 Å². The second-order valence-corrected chi connectivity index (χ2v) is 7.87. The van der Waals surface area contributed by atoms with E-state index in [1.54, 1.807) is 0 Å². The number of rotatable bonds is 2. The molecule has 6 rings (SSSR count). The zero-order valence-corrected chi connectivity index (χ0v) is 16.7. The van der Waals surface area contributed by atoms with Crippen molar-refractivity contribution < 1.29 is 4.42 Å². The number of hydrogen-bond donors (Lipinski definition) is 0. The highest BCUT2D eigenvalue weighted by molar-refractivity contribution is 6.24. The van der Waals surface area contributed by atoms with E-state index in [0.29, 0.717) is 0 Å². The summed E-state index contributed by atoms with van der Waals surface area (Å²) >= 11 is 0. The van der Waals surface area contributed by atoms with E-state index >= 15 is 0 Å². The Morgan fingerprint density at radius 1 is 0.533 bits per heavy atom. The van der Waals surface area contributed by atoms with Crippen LogP contribution in [0.15, 0.2) is 108 Å². The molecule has 0 fully saturated rings. The molecule has 0 aliphatic carbocycles. The Labute approximate surface area is 175 Å².